The molecular formula is C14H18Cl2N2O2. The van der Waals surface area contributed by atoms with Crippen molar-refractivity contribution in [3.8, 4) is 0 Å². The first-order valence-corrected chi connectivity index (χ1v) is 7.43. The van der Waals surface area contributed by atoms with E-state index in [0.717, 1.165) is 19.3 Å². The number of halogens is 2. The minimum Gasteiger partial charge on any atom is -0.399 e. The molecule has 0 bridgehead atoms. The number of likely N-dealkylation sites (tertiary alicyclic amines) is 1. The van der Waals surface area contributed by atoms with Gasteiger partial charge in [-0.2, -0.15) is 0 Å². The van der Waals surface area contributed by atoms with E-state index in [4.69, 9.17) is 34.0 Å². The van der Waals surface area contributed by atoms with Gasteiger partial charge in [-0.15, -0.1) is 0 Å². The number of hydrogen-bond acceptors (Lipinski definition) is 3. The highest BCUT2D eigenvalue weighted by Gasteiger charge is 2.26. The van der Waals surface area contributed by atoms with Crippen LogP contribution < -0.4 is 5.73 Å². The first kappa shape index (κ1) is 15.4. The average molecular weight is 317 g/mol. The molecule has 0 aliphatic carbocycles. The Morgan fingerprint density at radius 2 is 2.20 bits per heavy atom. The molecule has 1 unspecified atom stereocenters. The van der Waals surface area contributed by atoms with Crippen molar-refractivity contribution >= 4 is 34.8 Å². The number of nitrogens with two attached hydrogens (primary N) is 1. The fourth-order valence-electron chi connectivity index (χ4n) is 2.60. The van der Waals surface area contributed by atoms with Gasteiger partial charge in [-0.3, -0.25) is 4.79 Å². The highest BCUT2D eigenvalue weighted by atomic mass is 35.5. The summed E-state index contributed by atoms with van der Waals surface area (Å²) in [6, 6.07) is 3.09. The number of aliphatic hydroxyl groups is 1. The maximum Gasteiger partial charge on any atom is 0.255 e. The molecule has 0 spiro atoms. The van der Waals surface area contributed by atoms with Crippen LogP contribution in [0.1, 0.15) is 29.6 Å². The number of carbonyl (C=O) groups excluding carboxylic acids is 1. The Morgan fingerprint density at radius 1 is 1.45 bits per heavy atom. The summed E-state index contributed by atoms with van der Waals surface area (Å²) in [5, 5.41) is 9.55. The van der Waals surface area contributed by atoms with E-state index in [1.165, 1.54) is 6.07 Å². The fourth-order valence-corrected chi connectivity index (χ4v) is 3.02. The Kier molecular flexibility index (Phi) is 5.13. The van der Waals surface area contributed by atoms with Crippen LogP contribution in [-0.2, 0) is 0 Å². The fraction of sp³-hybridized carbons (Fsp3) is 0.500. The molecule has 110 valence electrons. The number of nitrogens with zero attached hydrogens (tertiary/aromatic N) is 1. The molecule has 2 rings (SSSR count). The molecule has 1 fully saturated rings. The highest BCUT2D eigenvalue weighted by Crippen LogP contribution is 2.31. The Hall–Kier alpha value is -0.970. The zero-order valence-corrected chi connectivity index (χ0v) is 12.6. The average Bonchev–Trinajstić information content (AvgIpc) is 2.43. The summed E-state index contributed by atoms with van der Waals surface area (Å²) in [5.74, 6) is 0.194. The number of carbonyl (C=O) groups is 1. The molecule has 1 aliphatic rings. The zero-order chi connectivity index (χ0) is 14.7. The zero-order valence-electron chi connectivity index (χ0n) is 11.1. The number of benzene rings is 1. The van der Waals surface area contributed by atoms with E-state index in [1.807, 2.05) is 0 Å². The third-order valence-corrected chi connectivity index (χ3v) is 4.43. The summed E-state index contributed by atoms with van der Waals surface area (Å²) in [4.78, 5) is 14.3. The van der Waals surface area contributed by atoms with Crippen molar-refractivity contribution in [3.05, 3.63) is 27.7 Å². The standard InChI is InChI=1S/C14H18Cl2N2O2/c15-12-7-10(17)6-11(13(12)16)14(20)18-4-1-2-9(8-18)3-5-19/h6-7,9,19H,1-5,8,17H2. The lowest BCUT2D eigenvalue weighted by Crippen LogP contribution is -2.40. The lowest BCUT2D eigenvalue weighted by molar-refractivity contribution is 0.0654. The van der Waals surface area contributed by atoms with Gasteiger partial charge in [0.1, 0.15) is 0 Å². The van der Waals surface area contributed by atoms with Gasteiger partial charge >= 0.3 is 0 Å². The van der Waals surface area contributed by atoms with Gasteiger partial charge in [-0.05, 0) is 37.3 Å². The predicted molar refractivity (Wildman–Crippen MR) is 81.2 cm³/mol. The predicted octanol–water partition coefficient (Wildman–Crippen LogP) is 2.81. The van der Waals surface area contributed by atoms with Crippen molar-refractivity contribution in [3.63, 3.8) is 0 Å². The van der Waals surface area contributed by atoms with Gasteiger partial charge in [-0.25, -0.2) is 0 Å². The maximum absolute atomic E-state index is 12.5. The van der Waals surface area contributed by atoms with Gasteiger partial charge in [0.05, 0.1) is 15.6 Å². The number of nitrogen functional groups attached to an aromatic ring is 1. The van der Waals surface area contributed by atoms with Crippen LogP contribution in [0.4, 0.5) is 5.69 Å². The Balaban J connectivity index is 2.19. The molecule has 6 heteroatoms. The molecule has 1 saturated heterocycles. The molecule has 0 radical (unpaired) electrons. The first-order valence-electron chi connectivity index (χ1n) is 6.67. The second kappa shape index (κ2) is 6.66. The van der Waals surface area contributed by atoms with Crippen LogP contribution in [0.2, 0.25) is 10.0 Å². The van der Waals surface area contributed by atoms with Crippen LogP contribution >= 0.6 is 23.2 Å². The summed E-state index contributed by atoms with van der Waals surface area (Å²) >= 11 is 12.1. The van der Waals surface area contributed by atoms with E-state index in [9.17, 15) is 4.79 Å². The molecule has 1 heterocycles. The molecule has 4 nitrogen and oxygen atoms in total. The van der Waals surface area contributed by atoms with Crippen LogP contribution in [0.15, 0.2) is 12.1 Å². The van der Waals surface area contributed by atoms with Crippen LogP contribution in [0, 0.1) is 5.92 Å². The van der Waals surface area contributed by atoms with Gasteiger partial charge in [0.15, 0.2) is 0 Å². The molecule has 0 aromatic heterocycles. The molecule has 1 atom stereocenters. The number of aliphatic hydroxyl groups excluding tert-OH is 1. The van der Waals surface area contributed by atoms with Crippen LogP contribution in [0.25, 0.3) is 0 Å². The van der Waals surface area contributed by atoms with E-state index in [1.54, 1.807) is 11.0 Å². The van der Waals surface area contributed by atoms with Gasteiger partial charge in [0.2, 0.25) is 0 Å². The number of rotatable bonds is 3. The molecule has 3 N–H and O–H groups in total. The number of hydrogen-bond donors (Lipinski definition) is 2. The molecule has 20 heavy (non-hydrogen) atoms. The molecular weight excluding hydrogens is 299 g/mol. The molecule has 0 saturated carbocycles. The minimum atomic E-state index is -0.146. The smallest absolute Gasteiger partial charge is 0.255 e. The Morgan fingerprint density at radius 3 is 2.90 bits per heavy atom. The lowest BCUT2D eigenvalue weighted by atomic mass is 9.94. The van der Waals surface area contributed by atoms with E-state index >= 15 is 0 Å². The lowest BCUT2D eigenvalue weighted by Gasteiger charge is -2.33. The van der Waals surface area contributed by atoms with Gasteiger partial charge < -0.3 is 15.7 Å². The third-order valence-electron chi connectivity index (χ3n) is 3.62. The largest absolute Gasteiger partial charge is 0.399 e. The van der Waals surface area contributed by atoms with Gasteiger partial charge in [0, 0.05) is 25.4 Å². The second-order valence-electron chi connectivity index (χ2n) is 5.14. The Labute approximate surface area is 128 Å². The van der Waals surface area contributed by atoms with Crippen LogP contribution in [-0.4, -0.2) is 35.6 Å². The SMILES string of the molecule is Nc1cc(Cl)c(Cl)c(C(=O)N2CCCC(CCO)C2)c1. The summed E-state index contributed by atoms with van der Waals surface area (Å²) in [6.45, 7) is 1.49. The normalized spacial score (nSPS) is 19.1. The van der Waals surface area contributed by atoms with Gasteiger partial charge in [0.25, 0.3) is 5.91 Å². The van der Waals surface area contributed by atoms with Crippen molar-refractivity contribution in [1.29, 1.82) is 0 Å². The van der Waals surface area contributed by atoms with Crippen molar-refractivity contribution in [2.45, 2.75) is 19.3 Å². The minimum absolute atomic E-state index is 0.146. The van der Waals surface area contributed by atoms with Gasteiger partial charge in [-0.1, -0.05) is 23.2 Å². The first-order chi connectivity index (χ1) is 9.52. The number of piperidine rings is 1. The van der Waals surface area contributed by atoms with Crippen molar-refractivity contribution < 1.29 is 9.90 Å². The van der Waals surface area contributed by atoms with E-state index in [-0.39, 0.29) is 17.5 Å². The molecule has 1 aliphatic heterocycles. The van der Waals surface area contributed by atoms with Crippen LogP contribution in [0.5, 0.6) is 0 Å². The van der Waals surface area contributed by atoms with E-state index < -0.39 is 0 Å². The summed E-state index contributed by atoms with van der Waals surface area (Å²) in [7, 11) is 0. The topological polar surface area (TPSA) is 66.6 Å². The quantitative estimate of drug-likeness (QED) is 0.843. The number of amides is 1. The molecule has 1 amide bonds. The molecule has 1 aromatic carbocycles. The number of anilines is 1. The highest BCUT2D eigenvalue weighted by molar-refractivity contribution is 6.44. The molecule has 1 aromatic rings. The van der Waals surface area contributed by atoms with Crippen LogP contribution in [0.3, 0.4) is 0 Å². The van der Waals surface area contributed by atoms with E-state index in [0.29, 0.717) is 35.3 Å². The second-order valence-corrected chi connectivity index (χ2v) is 5.92. The monoisotopic (exact) mass is 316 g/mol. The summed E-state index contributed by atoms with van der Waals surface area (Å²) in [5.41, 5.74) is 6.50. The van der Waals surface area contributed by atoms with Crippen molar-refractivity contribution in [1.82, 2.24) is 4.90 Å². The van der Waals surface area contributed by atoms with E-state index in [2.05, 4.69) is 0 Å². The van der Waals surface area contributed by atoms with Crippen molar-refractivity contribution in [2.75, 3.05) is 25.4 Å². The van der Waals surface area contributed by atoms with Crippen molar-refractivity contribution in [2.24, 2.45) is 5.92 Å². The summed E-state index contributed by atoms with van der Waals surface area (Å²) < 4.78 is 0. The third kappa shape index (κ3) is 3.37. The summed E-state index contributed by atoms with van der Waals surface area (Å²) in [6.07, 6.45) is 2.69. The Bertz CT molecular complexity index is 506. The maximum atomic E-state index is 12.5.